The van der Waals surface area contributed by atoms with E-state index < -0.39 is 5.91 Å². The Bertz CT molecular complexity index is 1010. The summed E-state index contributed by atoms with van der Waals surface area (Å²) >= 11 is 6.15. The standard InChI is InChI=1S/C19H14ClN3O3/c1-25-16-6-4-12(10-21)9-15(16)23-18(24)11-26-17-7-5-14(20)13-3-2-8-22-19(13)17/h2-9H,11H2,1H3,(H,23,24). The highest BCUT2D eigenvalue weighted by molar-refractivity contribution is 6.35. The third-order valence-electron chi connectivity index (χ3n) is 3.64. The van der Waals surface area contributed by atoms with E-state index in [2.05, 4.69) is 10.3 Å². The molecule has 130 valence electrons. The first-order valence-electron chi connectivity index (χ1n) is 7.66. The summed E-state index contributed by atoms with van der Waals surface area (Å²) in [5, 5.41) is 13.0. The van der Waals surface area contributed by atoms with Gasteiger partial charge in [-0.1, -0.05) is 11.6 Å². The number of anilines is 1. The number of hydrogen-bond donors (Lipinski definition) is 1. The van der Waals surface area contributed by atoms with E-state index in [0.717, 1.165) is 5.39 Å². The molecule has 0 aliphatic heterocycles. The van der Waals surface area contributed by atoms with Crippen molar-refractivity contribution >= 4 is 34.1 Å². The monoisotopic (exact) mass is 367 g/mol. The third-order valence-corrected chi connectivity index (χ3v) is 3.97. The number of nitrogens with zero attached hydrogens (tertiary/aromatic N) is 2. The Labute approximate surface area is 154 Å². The fourth-order valence-electron chi connectivity index (χ4n) is 2.43. The topological polar surface area (TPSA) is 84.2 Å². The zero-order valence-corrected chi connectivity index (χ0v) is 14.6. The predicted octanol–water partition coefficient (Wildman–Crippen LogP) is 3.79. The van der Waals surface area contributed by atoms with Crippen LogP contribution >= 0.6 is 11.6 Å². The minimum absolute atomic E-state index is 0.229. The van der Waals surface area contributed by atoms with Crippen LogP contribution in [-0.4, -0.2) is 24.6 Å². The van der Waals surface area contributed by atoms with E-state index in [1.807, 2.05) is 12.1 Å². The quantitative estimate of drug-likeness (QED) is 0.741. The molecule has 1 amide bonds. The van der Waals surface area contributed by atoms with Gasteiger partial charge >= 0.3 is 0 Å². The minimum atomic E-state index is -0.391. The number of benzene rings is 2. The van der Waals surface area contributed by atoms with Gasteiger partial charge in [-0.15, -0.1) is 0 Å². The molecule has 3 aromatic rings. The van der Waals surface area contributed by atoms with Gasteiger partial charge in [-0.05, 0) is 42.5 Å². The molecule has 7 heteroatoms. The third kappa shape index (κ3) is 3.68. The average Bonchev–Trinajstić information content (AvgIpc) is 2.67. The number of ether oxygens (including phenoxy) is 2. The van der Waals surface area contributed by atoms with Crippen LogP contribution in [0.4, 0.5) is 5.69 Å². The fourth-order valence-corrected chi connectivity index (χ4v) is 2.65. The second-order valence-electron chi connectivity index (χ2n) is 5.31. The number of pyridine rings is 1. The summed E-state index contributed by atoms with van der Waals surface area (Å²) in [6.45, 7) is -0.229. The van der Waals surface area contributed by atoms with Crippen molar-refractivity contribution in [3.05, 3.63) is 59.2 Å². The zero-order chi connectivity index (χ0) is 18.5. The van der Waals surface area contributed by atoms with Gasteiger partial charge in [0.25, 0.3) is 5.91 Å². The van der Waals surface area contributed by atoms with E-state index in [4.69, 9.17) is 26.3 Å². The molecule has 0 unspecified atom stereocenters. The van der Waals surface area contributed by atoms with Crippen LogP contribution in [0.3, 0.4) is 0 Å². The largest absolute Gasteiger partial charge is 0.495 e. The lowest BCUT2D eigenvalue weighted by atomic mass is 10.2. The number of aromatic nitrogens is 1. The molecule has 0 aliphatic carbocycles. The van der Waals surface area contributed by atoms with Crippen LogP contribution in [0.25, 0.3) is 10.9 Å². The van der Waals surface area contributed by atoms with Crippen molar-refractivity contribution in [2.45, 2.75) is 0 Å². The summed E-state index contributed by atoms with van der Waals surface area (Å²) in [6, 6.07) is 13.7. The normalized spacial score (nSPS) is 10.2. The number of rotatable bonds is 5. The van der Waals surface area contributed by atoms with E-state index in [9.17, 15) is 4.79 Å². The molecule has 0 aliphatic rings. The van der Waals surface area contributed by atoms with Gasteiger partial charge in [-0.2, -0.15) is 5.26 Å². The maximum absolute atomic E-state index is 12.2. The zero-order valence-electron chi connectivity index (χ0n) is 13.8. The number of nitriles is 1. The lowest BCUT2D eigenvalue weighted by Crippen LogP contribution is -2.20. The molecule has 0 saturated carbocycles. The highest BCUT2D eigenvalue weighted by Gasteiger charge is 2.12. The lowest BCUT2D eigenvalue weighted by molar-refractivity contribution is -0.118. The van der Waals surface area contributed by atoms with Crippen molar-refractivity contribution in [1.82, 2.24) is 4.98 Å². The molecule has 0 saturated heterocycles. The average molecular weight is 368 g/mol. The Morgan fingerprint density at radius 3 is 2.85 bits per heavy atom. The van der Waals surface area contributed by atoms with E-state index >= 15 is 0 Å². The van der Waals surface area contributed by atoms with Gasteiger partial charge in [0.1, 0.15) is 17.0 Å². The van der Waals surface area contributed by atoms with Crippen molar-refractivity contribution in [2.75, 3.05) is 19.0 Å². The van der Waals surface area contributed by atoms with Gasteiger partial charge in [-0.3, -0.25) is 9.78 Å². The second-order valence-corrected chi connectivity index (χ2v) is 5.72. The minimum Gasteiger partial charge on any atom is -0.495 e. The number of hydrogen-bond acceptors (Lipinski definition) is 5. The van der Waals surface area contributed by atoms with Crippen molar-refractivity contribution in [3.63, 3.8) is 0 Å². The van der Waals surface area contributed by atoms with Crippen molar-refractivity contribution < 1.29 is 14.3 Å². The van der Waals surface area contributed by atoms with E-state index in [-0.39, 0.29) is 6.61 Å². The molecule has 3 rings (SSSR count). The number of amides is 1. The number of nitrogens with one attached hydrogen (secondary N) is 1. The van der Waals surface area contributed by atoms with Gasteiger partial charge in [0.2, 0.25) is 0 Å². The van der Waals surface area contributed by atoms with Crippen molar-refractivity contribution in [1.29, 1.82) is 5.26 Å². The fraction of sp³-hybridized carbons (Fsp3) is 0.105. The van der Waals surface area contributed by atoms with E-state index in [1.54, 1.807) is 36.5 Å². The molecule has 1 heterocycles. The number of carbonyl (C=O) groups excluding carboxylic acids is 1. The molecule has 0 fully saturated rings. The molecular weight excluding hydrogens is 354 g/mol. The van der Waals surface area contributed by atoms with Crippen LogP contribution in [0, 0.1) is 11.3 Å². The smallest absolute Gasteiger partial charge is 0.262 e. The summed E-state index contributed by atoms with van der Waals surface area (Å²) in [6.07, 6.45) is 1.63. The number of carbonyl (C=O) groups is 1. The Kier molecular flexibility index (Phi) is 5.20. The van der Waals surface area contributed by atoms with Crippen LogP contribution in [0.2, 0.25) is 5.02 Å². The summed E-state index contributed by atoms with van der Waals surface area (Å²) in [5.41, 5.74) is 1.39. The molecule has 0 bridgehead atoms. The SMILES string of the molecule is COc1ccc(C#N)cc1NC(=O)COc1ccc(Cl)c2cccnc12. The Hall–Kier alpha value is -3.30. The van der Waals surface area contributed by atoms with Gasteiger partial charge in [-0.25, -0.2) is 0 Å². The number of halogens is 1. The molecule has 0 radical (unpaired) electrons. The van der Waals surface area contributed by atoms with Gasteiger partial charge in [0.15, 0.2) is 6.61 Å². The molecule has 26 heavy (non-hydrogen) atoms. The molecule has 0 spiro atoms. The Balaban J connectivity index is 1.75. The van der Waals surface area contributed by atoms with Crippen LogP contribution in [0.15, 0.2) is 48.7 Å². The van der Waals surface area contributed by atoms with Crippen LogP contribution < -0.4 is 14.8 Å². The Morgan fingerprint density at radius 2 is 2.08 bits per heavy atom. The van der Waals surface area contributed by atoms with E-state index in [1.165, 1.54) is 13.2 Å². The predicted molar refractivity (Wildman–Crippen MR) is 98.6 cm³/mol. The van der Waals surface area contributed by atoms with E-state index in [0.29, 0.717) is 33.3 Å². The molecule has 1 N–H and O–H groups in total. The lowest BCUT2D eigenvalue weighted by Gasteiger charge is -2.12. The first-order valence-corrected chi connectivity index (χ1v) is 8.04. The maximum Gasteiger partial charge on any atom is 0.262 e. The second kappa shape index (κ2) is 7.72. The first kappa shape index (κ1) is 17.5. The number of fused-ring (bicyclic) bond motifs is 1. The maximum atomic E-state index is 12.2. The molecule has 1 aromatic heterocycles. The van der Waals surface area contributed by atoms with Crippen LogP contribution in [0.5, 0.6) is 11.5 Å². The van der Waals surface area contributed by atoms with Crippen molar-refractivity contribution in [3.8, 4) is 17.6 Å². The molecule has 0 atom stereocenters. The summed E-state index contributed by atoms with van der Waals surface area (Å²) in [7, 11) is 1.49. The van der Waals surface area contributed by atoms with Gasteiger partial charge in [0.05, 0.1) is 29.5 Å². The summed E-state index contributed by atoms with van der Waals surface area (Å²) < 4.78 is 10.8. The molecular formula is C19H14ClN3O3. The summed E-state index contributed by atoms with van der Waals surface area (Å²) in [4.78, 5) is 16.5. The van der Waals surface area contributed by atoms with Gasteiger partial charge in [0, 0.05) is 11.6 Å². The molecule has 6 nitrogen and oxygen atoms in total. The molecule has 2 aromatic carbocycles. The van der Waals surface area contributed by atoms with Gasteiger partial charge < -0.3 is 14.8 Å². The Morgan fingerprint density at radius 1 is 1.27 bits per heavy atom. The number of methoxy groups -OCH3 is 1. The van der Waals surface area contributed by atoms with Crippen molar-refractivity contribution in [2.24, 2.45) is 0 Å². The summed E-state index contributed by atoms with van der Waals surface area (Å²) in [5.74, 6) is 0.520. The van der Waals surface area contributed by atoms with Crippen LogP contribution in [-0.2, 0) is 4.79 Å². The van der Waals surface area contributed by atoms with Crippen LogP contribution in [0.1, 0.15) is 5.56 Å². The first-order chi connectivity index (χ1) is 12.6. The highest BCUT2D eigenvalue weighted by Crippen LogP contribution is 2.30. The highest BCUT2D eigenvalue weighted by atomic mass is 35.5.